The lowest BCUT2D eigenvalue weighted by atomic mass is 9.97. The quantitative estimate of drug-likeness (QED) is 0.629. The van der Waals surface area contributed by atoms with Gasteiger partial charge in [0.25, 0.3) is 0 Å². The van der Waals surface area contributed by atoms with E-state index in [-0.39, 0.29) is 5.97 Å². The van der Waals surface area contributed by atoms with Gasteiger partial charge in [-0.3, -0.25) is 0 Å². The lowest BCUT2D eigenvalue weighted by molar-refractivity contribution is 0.0364. The van der Waals surface area contributed by atoms with Crippen LogP contribution < -0.4 is 15.2 Å². The summed E-state index contributed by atoms with van der Waals surface area (Å²) in [5.41, 5.74) is 6.76. The zero-order valence-electron chi connectivity index (χ0n) is 15.0. The molecule has 1 saturated heterocycles. The summed E-state index contributed by atoms with van der Waals surface area (Å²) < 4.78 is 16.7. The lowest BCUT2D eigenvalue weighted by Crippen LogP contribution is -2.36. The Morgan fingerprint density at radius 2 is 1.96 bits per heavy atom. The summed E-state index contributed by atoms with van der Waals surface area (Å²) in [6, 6.07) is 3.31. The summed E-state index contributed by atoms with van der Waals surface area (Å²) in [5.74, 6) is 0.925. The summed E-state index contributed by atoms with van der Waals surface area (Å²) in [5, 5.41) is 0. The maximum atomic E-state index is 12.5. The number of nitrogens with zero attached hydrogens (tertiary/aromatic N) is 1. The Bertz CT molecular complexity index is 597. The Balaban J connectivity index is 1.52. The molecular weight excluding hydrogens is 320 g/mol. The van der Waals surface area contributed by atoms with Gasteiger partial charge in [0.05, 0.1) is 12.3 Å². The van der Waals surface area contributed by atoms with Crippen LogP contribution >= 0.6 is 0 Å². The van der Waals surface area contributed by atoms with E-state index < -0.39 is 0 Å². The number of esters is 1. The van der Waals surface area contributed by atoms with Crippen LogP contribution in [-0.4, -0.2) is 50.3 Å². The molecule has 1 fully saturated rings. The van der Waals surface area contributed by atoms with Crippen molar-refractivity contribution in [2.24, 2.45) is 5.92 Å². The zero-order chi connectivity index (χ0) is 17.6. The van der Waals surface area contributed by atoms with E-state index in [1.807, 2.05) is 0 Å². The van der Waals surface area contributed by atoms with Gasteiger partial charge >= 0.3 is 5.97 Å². The van der Waals surface area contributed by atoms with Crippen LogP contribution in [0.15, 0.2) is 12.1 Å². The number of benzene rings is 1. The van der Waals surface area contributed by atoms with Gasteiger partial charge in [0, 0.05) is 0 Å². The Kier molecular flexibility index (Phi) is 6.02. The van der Waals surface area contributed by atoms with Crippen LogP contribution in [0.25, 0.3) is 0 Å². The van der Waals surface area contributed by atoms with Crippen LogP contribution in [0, 0.1) is 5.92 Å². The second-order valence-electron chi connectivity index (χ2n) is 6.79. The Morgan fingerprint density at radius 3 is 2.68 bits per heavy atom. The van der Waals surface area contributed by atoms with Crippen molar-refractivity contribution in [3.63, 3.8) is 0 Å². The molecule has 0 amide bonds. The van der Waals surface area contributed by atoms with E-state index in [2.05, 4.69) is 11.8 Å². The van der Waals surface area contributed by atoms with E-state index in [1.165, 1.54) is 19.4 Å². The molecule has 25 heavy (non-hydrogen) atoms. The molecule has 2 N–H and O–H groups in total. The van der Waals surface area contributed by atoms with Crippen LogP contribution in [0.1, 0.15) is 43.0 Å². The van der Waals surface area contributed by atoms with Crippen LogP contribution in [0.5, 0.6) is 11.5 Å². The number of anilines is 1. The minimum Gasteiger partial charge on any atom is -0.485 e. The number of nitrogens with two attached hydrogens (primary N) is 1. The number of carbonyl (C=O) groups is 1. The number of likely N-dealkylation sites (tertiary alicyclic amines) is 1. The highest BCUT2D eigenvalue weighted by molar-refractivity contribution is 5.95. The van der Waals surface area contributed by atoms with Crippen molar-refractivity contribution in [2.45, 2.75) is 32.6 Å². The number of carbonyl (C=O) groups excluding carboxylic acids is 1. The third-order valence-corrected chi connectivity index (χ3v) is 4.92. The number of unbranched alkanes of at least 4 members (excludes halogenated alkanes) is 1. The van der Waals surface area contributed by atoms with E-state index in [9.17, 15) is 4.79 Å². The predicted octanol–water partition coefficient (Wildman–Crippen LogP) is 2.71. The number of fused-ring (bicyclic) bond motifs is 1. The molecule has 0 aromatic heterocycles. The average Bonchev–Trinajstić information content (AvgIpc) is 2.66. The first-order valence-corrected chi connectivity index (χ1v) is 9.26. The van der Waals surface area contributed by atoms with E-state index >= 15 is 0 Å². The number of hydrogen-bond acceptors (Lipinski definition) is 6. The molecule has 2 aliphatic rings. The van der Waals surface area contributed by atoms with E-state index in [4.69, 9.17) is 19.9 Å². The number of nitrogen functional groups attached to an aromatic ring is 1. The highest BCUT2D eigenvalue weighted by Gasteiger charge is 2.25. The van der Waals surface area contributed by atoms with Crippen molar-refractivity contribution in [2.75, 3.05) is 45.2 Å². The molecule has 0 aliphatic carbocycles. The molecule has 2 heterocycles. The molecule has 1 aromatic carbocycles. The second-order valence-corrected chi connectivity index (χ2v) is 6.79. The van der Waals surface area contributed by atoms with Crippen LogP contribution in [0.4, 0.5) is 5.69 Å². The molecule has 0 unspecified atom stereocenters. The van der Waals surface area contributed by atoms with Gasteiger partial charge < -0.3 is 24.8 Å². The third kappa shape index (κ3) is 4.37. The van der Waals surface area contributed by atoms with E-state index in [1.54, 1.807) is 12.1 Å². The summed E-state index contributed by atoms with van der Waals surface area (Å²) in [4.78, 5) is 15.0. The first kappa shape index (κ1) is 17.9. The zero-order valence-corrected chi connectivity index (χ0v) is 15.0. The van der Waals surface area contributed by atoms with Gasteiger partial charge in [-0.1, -0.05) is 13.3 Å². The molecule has 0 atom stereocenters. The van der Waals surface area contributed by atoms with Gasteiger partial charge in [-0.05, 0) is 56.9 Å². The SMILES string of the molecule is CCCCN1CCC(COC(=O)c2ccc(N)c3c2OCCO3)CC1. The van der Waals surface area contributed by atoms with Crippen LogP contribution in [-0.2, 0) is 4.74 Å². The van der Waals surface area contributed by atoms with Gasteiger partial charge in [0.2, 0.25) is 0 Å². The van der Waals surface area contributed by atoms with Crippen molar-refractivity contribution in [1.82, 2.24) is 4.90 Å². The highest BCUT2D eigenvalue weighted by Crippen LogP contribution is 2.39. The maximum absolute atomic E-state index is 12.5. The average molecular weight is 348 g/mol. The lowest BCUT2D eigenvalue weighted by Gasteiger charge is -2.31. The molecule has 3 rings (SSSR count). The number of ether oxygens (including phenoxy) is 3. The molecule has 6 nitrogen and oxygen atoms in total. The number of piperidine rings is 1. The van der Waals surface area contributed by atoms with E-state index in [0.29, 0.717) is 48.5 Å². The molecule has 0 bridgehead atoms. The number of hydrogen-bond donors (Lipinski definition) is 1. The van der Waals surface area contributed by atoms with Crippen molar-refractivity contribution in [1.29, 1.82) is 0 Å². The summed E-state index contributed by atoms with van der Waals surface area (Å²) in [7, 11) is 0. The van der Waals surface area contributed by atoms with E-state index in [0.717, 1.165) is 25.9 Å². The van der Waals surface area contributed by atoms with Crippen molar-refractivity contribution < 1.29 is 19.0 Å². The van der Waals surface area contributed by atoms with Gasteiger partial charge in [-0.15, -0.1) is 0 Å². The fourth-order valence-corrected chi connectivity index (χ4v) is 3.35. The second kappa shape index (κ2) is 8.43. The normalized spacial score (nSPS) is 18.1. The Morgan fingerprint density at radius 1 is 1.24 bits per heavy atom. The maximum Gasteiger partial charge on any atom is 0.342 e. The minimum atomic E-state index is -0.366. The van der Waals surface area contributed by atoms with Crippen LogP contribution in [0.3, 0.4) is 0 Å². The van der Waals surface area contributed by atoms with Gasteiger partial charge in [0.1, 0.15) is 18.8 Å². The van der Waals surface area contributed by atoms with Gasteiger partial charge in [0.15, 0.2) is 11.5 Å². The molecule has 6 heteroatoms. The first-order valence-electron chi connectivity index (χ1n) is 9.26. The Labute approximate surface area is 149 Å². The van der Waals surface area contributed by atoms with Gasteiger partial charge in [-0.2, -0.15) is 0 Å². The summed E-state index contributed by atoms with van der Waals surface area (Å²) in [6.45, 7) is 6.89. The summed E-state index contributed by atoms with van der Waals surface area (Å²) >= 11 is 0. The topological polar surface area (TPSA) is 74.0 Å². The molecular formula is C19H28N2O4. The Hall–Kier alpha value is -1.95. The molecule has 0 spiro atoms. The smallest absolute Gasteiger partial charge is 0.342 e. The van der Waals surface area contributed by atoms with Gasteiger partial charge in [-0.25, -0.2) is 4.79 Å². The predicted molar refractivity (Wildman–Crippen MR) is 96.2 cm³/mol. The molecule has 138 valence electrons. The number of rotatable bonds is 6. The van der Waals surface area contributed by atoms with Crippen molar-refractivity contribution in [3.05, 3.63) is 17.7 Å². The highest BCUT2D eigenvalue weighted by atomic mass is 16.6. The first-order chi connectivity index (χ1) is 12.2. The molecule has 1 aromatic rings. The van der Waals surface area contributed by atoms with Crippen molar-refractivity contribution in [3.8, 4) is 11.5 Å². The van der Waals surface area contributed by atoms with Crippen LogP contribution in [0.2, 0.25) is 0 Å². The molecule has 0 saturated carbocycles. The molecule has 2 aliphatic heterocycles. The monoisotopic (exact) mass is 348 g/mol. The molecule has 0 radical (unpaired) electrons. The largest absolute Gasteiger partial charge is 0.485 e. The summed E-state index contributed by atoms with van der Waals surface area (Å²) in [6.07, 6.45) is 4.64. The standard InChI is InChI=1S/C19H28N2O4/c1-2-3-8-21-9-6-14(7-10-21)13-25-19(22)15-4-5-16(20)18-17(15)23-11-12-24-18/h4-5,14H,2-3,6-13,20H2,1H3. The minimum absolute atomic E-state index is 0.366. The fourth-order valence-electron chi connectivity index (χ4n) is 3.35. The van der Waals surface area contributed by atoms with Crippen molar-refractivity contribution >= 4 is 11.7 Å². The fraction of sp³-hybridized carbons (Fsp3) is 0.632. The third-order valence-electron chi connectivity index (χ3n) is 4.92.